The van der Waals surface area contributed by atoms with E-state index >= 15 is 0 Å². The molecule has 3 heteroatoms. The maximum atomic E-state index is 11.4. The second-order valence-electron chi connectivity index (χ2n) is 6.56. The van der Waals surface area contributed by atoms with E-state index in [9.17, 15) is 4.79 Å². The molecule has 1 heterocycles. The van der Waals surface area contributed by atoms with Crippen molar-refractivity contribution in [3.8, 4) is 0 Å². The highest BCUT2D eigenvalue weighted by molar-refractivity contribution is 6.21. The Hall–Kier alpha value is -1.02. The number of benzene rings is 1. The van der Waals surface area contributed by atoms with E-state index in [-0.39, 0.29) is 11.3 Å². The van der Waals surface area contributed by atoms with Crippen molar-refractivity contribution in [2.24, 2.45) is 17.8 Å². The summed E-state index contributed by atoms with van der Waals surface area (Å²) in [4.78, 5) is 11.4. The molecule has 2 saturated carbocycles. The molecule has 1 N–H and O–H groups in total. The van der Waals surface area contributed by atoms with E-state index in [1.165, 1.54) is 36.8 Å². The summed E-state index contributed by atoms with van der Waals surface area (Å²) in [5, 5.41) is 3.10. The van der Waals surface area contributed by atoms with Crippen LogP contribution in [0, 0.1) is 17.8 Å². The molecule has 1 amide bonds. The molecule has 0 bridgehead atoms. The van der Waals surface area contributed by atoms with E-state index in [0.29, 0.717) is 12.3 Å². The van der Waals surface area contributed by atoms with Crippen LogP contribution in [0.2, 0.25) is 0 Å². The highest BCUT2D eigenvalue weighted by Gasteiger charge is 2.53. The van der Waals surface area contributed by atoms with Crippen molar-refractivity contribution in [3.63, 3.8) is 0 Å². The molecule has 1 aromatic rings. The van der Waals surface area contributed by atoms with Crippen LogP contribution in [0.15, 0.2) is 18.2 Å². The first-order valence-electron chi connectivity index (χ1n) is 7.81. The lowest BCUT2D eigenvalue weighted by atomic mass is 9.97. The van der Waals surface area contributed by atoms with Gasteiger partial charge in [0.2, 0.25) is 5.91 Å². The molecule has 0 spiro atoms. The van der Waals surface area contributed by atoms with E-state index in [1.54, 1.807) is 0 Å². The molecule has 2 aliphatic carbocycles. The molecule has 2 fully saturated rings. The third-order valence-electron chi connectivity index (χ3n) is 5.40. The summed E-state index contributed by atoms with van der Waals surface area (Å²) in [7, 11) is 0. The zero-order valence-corrected chi connectivity index (χ0v) is 12.3. The van der Waals surface area contributed by atoms with E-state index < -0.39 is 0 Å². The molecule has 0 radical (unpaired) electrons. The average molecular weight is 290 g/mol. The number of hydrogen-bond donors (Lipinski definition) is 1. The molecule has 1 aromatic carbocycles. The van der Waals surface area contributed by atoms with Crippen molar-refractivity contribution in [1.82, 2.24) is 0 Å². The average Bonchev–Trinajstić information content (AvgIpc) is 3.20. The SMILES string of the molecule is O=C1CCc2cc(C(Cl)C3C4CCCCC43)ccc2N1. The maximum Gasteiger partial charge on any atom is 0.224 e. The van der Waals surface area contributed by atoms with Gasteiger partial charge in [-0.1, -0.05) is 25.0 Å². The Kier molecular flexibility index (Phi) is 3.03. The predicted octanol–water partition coefficient (Wildman–Crippen LogP) is 4.29. The fourth-order valence-corrected chi connectivity index (χ4v) is 4.79. The third kappa shape index (κ3) is 2.05. The summed E-state index contributed by atoms with van der Waals surface area (Å²) in [6, 6.07) is 6.35. The Morgan fingerprint density at radius 3 is 2.65 bits per heavy atom. The van der Waals surface area contributed by atoms with Gasteiger partial charge in [-0.15, -0.1) is 11.6 Å². The molecular weight excluding hydrogens is 270 g/mol. The second kappa shape index (κ2) is 4.77. The van der Waals surface area contributed by atoms with E-state index in [1.807, 2.05) is 6.07 Å². The van der Waals surface area contributed by atoms with Gasteiger partial charge in [0, 0.05) is 12.1 Å². The minimum absolute atomic E-state index is 0.126. The van der Waals surface area contributed by atoms with Gasteiger partial charge in [-0.2, -0.15) is 0 Å². The van der Waals surface area contributed by atoms with Crippen LogP contribution in [0.5, 0.6) is 0 Å². The second-order valence-corrected chi connectivity index (χ2v) is 7.03. The van der Waals surface area contributed by atoms with Crippen LogP contribution in [0.4, 0.5) is 5.69 Å². The molecule has 0 saturated heterocycles. The van der Waals surface area contributed by atoms with Crippen molar-refractivity contribution in [2.45, 2.75) is 43.9 Å². The Bertz CT molecular complexity index is 544. The van der Waals surface area contributed by atoms with Gasteiger partial charge < -0.3 is 5.32 Å². The van der Waals surface area contributed by atoms with Gasteiger partial charge in [0.25, 0.3) is 0 Å². The minimum atomic E-state index is 0.126. The number of halogens is 1. The number of carbonyl (C=O) groups excluding carboxylic acids is 1. The van der Waals surface area contributed by atoms with Gasteiger partial charge in [-0.05, 0) is 54.2 Å². The first-order valence-corrected chi connectivity index (χ1v) is 8.24. The molecule has 4 rings (SSSR count). The number of aryl methyl sites for hydroxylation is 1. The summed E-state index contributed by atoms with van der Waals surface area (Å²) in [5.74, 6) is 2.57. The highest BCUT2D eigenvalue weighted by Crippen LogP contribution is 2.62. The van der Waals surface area contributed by atoms with E-state index in [4.69, 9.17) is 11.6 Å². The largest absolute Gasteiger partial charge is 0.326 e. The van der Waals surface area contributed by atoms with E-state index in [0.717, 1.165) is 23.9 Å². The number of fused-ring (bicyclic) bond motifs is 2. The lowest BCUT2D eigenvalue weighted by molar-refractivity contribution is -0.116. The Morgan fingerprint density at radius 1 is 1.15 bits per heavy atom. The number of nitrogens with one attached hydrogen (secondary N) is 1. The van der Waals surface area contributed by atoms with Crippen LogP contribution in [-0.2, 0) is 11.2 Å². The van der Waals surface area contributed by atoms with Crippen LogP contribution >= 0.6 is 11.6 Å². The quantitative estimate of drug-likeness (QED) is 0.809. The summed E-state index contributed by atoms with van der Waals surface area (Å²) in [6.45, 7) is 0. The first kappa shape index (κ1) is 12.7. The van der Waals surface area contributed by atoms with Crippen molar-refractivity contribution in [1.29, 1.82) is 0 Å². The summed E-state index contributed by atoms with van der Waals surface area (Å²) >= 11 is 6.76. The van der Waals surface area contributed by atoms with Crippen LogP contribution < -0.4 is 5.32 Å². The number of rotatable bonds is 2. The van der Waals surface area contributed by atoms with E-state index in [2.05, 4.69) is 17.4 Å². The molecule has 3 aliphatic rings. The fourth-order valence-electron chi connectivity index (χ4n) is 4.28. The molecule has 2 nitrogen and oxygen atoms in total. The lowest BCUT2D eigenvalue weighted by Gasteiger charge is -2.19. The van der Waals surface area contributed by atoms with Crippen LogP contribution in [0.1, 0.15) is 48.6 Å². The minimum Gasteiger partial charge on any atom is -0.326 e. The molecule has 3 atom stereocenters. The molecule has 1 aliphatic heterocycles. The van der Waals surface area contributed by atoms with Crippen molar-refractivity contribution in [2.75, 3.05) is 5.32 Å². The molecular formula is C17H20ClNO. The number of amides is 1. The molecule has 3 unspecified atom stereocenters. The summed E-state index contributed by atoms with van der Waals surface area (Å²) in [6.07, 6.45) is 6.96. The fraction of sp³-hybridized carbons (Fsp3) is 0.588. The predicted molar refractivity (Wildman–Crippen MR) is 80.9 cm³/mol. The van der Waals surface area contributed by atoms with Gasteiger partial charge >= 0.3 is 0 Å². The third-order valence-corrected chi connectivity index (χ3v) is 5.95. The number of anilines is 1. The Balaban J connectivity index is 1.55. The topological polar surface area (TPSA) is 29.1 Å². The molecule has 106 valence electrons. The van der Waals surface area contributed by atoms with Crippen molar-refractivity contribution < 1.29 is 4.79 Å². The van der Waals surface area contributed by atoms with Gasteiger partial charge in [-0.25, -0.2) is 0 Å². The normalized spacial score (nSPS) is 32.9. The van der Waals surface area contributed by atoms with Gasteiger partial charge in [0.15, 0.2) is 0 Å². The highest BCUT2D eigenvalue weighted by atomic mass is 35.5. The first-order chi connectivity index (χ1) is 9.74. The Labute approximate surface area is 124 Å². The standard InChI is InChI=1S/C17H20ClNO/c18-17(16-12-3-1-2-4-13(12)16)11-5-7-14-10(9-11)6-8-15(20)19-14/h5,7,9,12-13,16-17H,1-4,6,8H2,(H,19,20). The molecule has 20 heavy (non-hydrogen) atoms. The monoisotopic (exact) mass is 289 g/mol. The van der Waals surface area contributed by atoms with Crippen molar-refractivity contribution >= 4 is 23.2 Å². The molecule has 0 aromatic heterocycles. The number of hydrogen-bond acceptors (Lipinski definition) is 1. The summed E-state index contributed by atoms with van der Waals surface area (Å²) in [5.41, 5.74) is 3.47. The summed E-state index contributed by atoms with van der Waals surface area (Å²) < 4.78 is 0. The van der Waals surface area contributed by atoms with Gasteiger partial charge in [0.1, 0.15) is 0 Å². The number of alkyl halides is 1. The Morgan fingerprint density at radius 2 is 1.90 bits per heavy atom. The zero-order chi connectivity index (χ0) is 13.7. The van der Waals surface area contributed by atoms with Crippen molar-refractivity contribution in [3.05, 3.63) is 29.3 Å². The van der Waals surface area contributed by atoms with Gasteiger partial charge in [-0.3, -0.25) is 4.79 Å². The van der Waals surface area contributed by atoms with Crippen LogP contribution in [0.3, 0.4) is 0 Å². The maximum absolute atomic E-state index is 11.4. The smallest absolute Gasteiger partial charge is 0.224 e. The van der Waals surface area contributed by atoms with Crippen LogP contribution in [0.25, 0.3) is 0 Å². The number of carbonyl (C=O) groups is 1. The lowest BCUT2D eigenvalue weighted by Crippen LogP contribution is -2.19. The zero-order valence-electron chi connectivity index (χ0n) is 11.6. The van der Waals surface area contributed by atoms with Gasteiger partial charge in [0.05, 0.1) is 5.38 Å². The van der Waals surface area contributed by atoms with Crippen LogP contribution in [-0.4, -0.2) is 5.91 Å².